The second-order valence-electron chi connectivity index (χ2n) is 8.83. The van der Waals surface area contributed by atoms with Crippen LogP contribution in [0.3, 0.4) is 0 Å². The maximum Gasteiger partial charge on any atom is 0.410 e. The molecule has 0 radical (unpaired) electrons. The summed E-state index contributed by atoms with van der Waals surface area (Å²) in [6, 6.07) is 5.08. The number of pyridine rings is 1. The van der Waals surface area contributed by atoms with Crippen LogP contribution in [0.1, 0.15) is 58.2 Å². The number of carbonyl (C=O) groups excluding carboxylic acids is 1. The van der Waals surface area contributed by atoms with Crippen molar-refractivity contribution in [2.75, 3.05) is 13.1 Å². The Morgan fingerprint density at radius 1 is 1.31 bits per heavy atom. The number of amides is 1. The zero-order chi connectivity index (χ0) is 23.5. The Morgan fingerprint density at radius 2 is 2.06 bits per heavy atom. The molecule has 0 bridgehead atoms. The summed E-state index contributed by atoms with van der Waals surface area (Å²) < 4.78 is 6.77. The Morgan fingerprint density at radius 3 is 2.72 bits per heavy atom. The average Bonchev–Trinajstić information content (AvgIpc) is 2.98. The molecular weight excluding hydrogens is 410 g/mol. The molecule has 1 aliphatic heterocycles. The van der Waals surface area contributed by atoms with Gasteiger partial charge in [0.2, 0.25) is 0 Å². The molecular formula is C22H29N7O3. The van der Waals surface area contributed by atoms with Crippen molar-refractivity contribution < 1.29 is 9.53 Å². The van der Waals surface area contributed by atoms with Gasteiger partial charge in [-0.2, -0.15) is 10.4 Å². The minimum atomic E-state index is -0.531. The highest BCUT2D eigenvalue weighted by atomic mass is 16.6. The first-order valence-electron chi connectivity index (χ1n) is 10.6. The number of hydrazone groups is 1. The molecule has 0 aromatic carbocycles. The SMILES string of the molecule is CC(=NC1CCCN(C(=O)OC(C)(C)C)CC1)/C(=N\N)c1cc(=O)n2c(C#N)c[nH]c2c1. The first kappa shape index (κ1) is 23.1. The van der Waals surface area contributed by atoms with Crippen LogP contribution < -0.4 is 11.4 Å². The van der Waals surface area contributed by atoms with Gasteiger partial charge in [-0.15, -0.1) is 0 Å². The topological polar surface area (TPSA) is 141 Å². The van der Waals surface area contributed by atoms with E-state index in [1.165, 1.54) is 16.7 Å². The van der Waals surface area contributed by atoms with Gasteiger partial charge in [0, 0.05) is 30.9 Å². The van der Waals surface area contributed by atoms with Crippen molar-refractivity contribution in [3.63, 3.8) is 0 Å². The number of imidazole rings is 1. The van der Waals surface area contributed by atoms with Crippen LogP contribution in [0.5, 0.6) is 0 Å². The van der Waals surface area contributed by atoms with Gasteiger partial charge in [0.15, 0.2) is 0 Å². The van der Waals surface area contributed by atoms with E-state index in [2.05, 4.69) is 10.1 Å². The zero-order valence-corrected chi connectivity index (χ0v) is 18.9. The molecule has 1 fully saturated rings. The molecule has 3 rings (SSSR count). The number of rotatable bonds is 3. The molecule has 0 spiro atoms. The van der Waals surface area contributed by atoms with Gasteiger partial charge >= 0.3 is 6.09 Å². The van der Waals surface area contributed by atoms with Gasteiger partial charge in [-0.25, -0.2) is 4.79 Å². The highest BCUT2D eigenvalue weighted by Gasteiger charge is 2.25. The van der Waals surface area contributed by atoms with Crippen LogP contribution in [-0.4, -0.2) is 56.5 Å². The van der Waals surface area contributed by atoms with Crippen molar-refractivity contribution in [2.45, 2.75) is 58.6 Å². The molecule has 0 saturated carbocycles. The summed E-state index contributed by atoms with van der Waals surface area (Å²) in [5.74, 6) is 5.65. The molecule has 1 aliphatic rings. The van der Waals surface area contributed by atoms with E-state index >= 15 is 0 Å². The summed E-state index contributed by atoms with van der Waals surface area (Å²) in [6.45, 7) is 8.54. The van der Waals surface area contributed by atoms with Gasteiger partial charge < -0.3 is 20.5 Å². The molecule has 1 saturated heterocycles. The van der Waals surface area contributed by atoms with E-state index in [1.807, 2.05) is 26.8 Å². The molecule has 10 nitrogen and oxygen atoms in total. The number of carbonyl (C=O) groups is 1. The Hall–Kier alpha value is -3.61. The number of nitrogens with zero attached hydrogens (tertiary/aromatic N) is 5. The molecule has 2 aromatic heterocycles. The number of hydrogen-bond donors (Lipinski definition) is 2. The molecule has 0 aliphatic carbocycles. The first-order valence-corrected chi connectivity index (χ1v) is 10.6. The van der Waals surface area contributed by atoms with E-state index in [1.54, 1.807) is 17.9 Å². The lowest BCUT2D eigenvalue weighted by atomic mass is 10.1. The number of hydrogen-bond acceptors (Lipinski definition) is 7. The van der Waals surface area contributed by atoms with Gasteiger partial charge in [0.1, 0.15) is 28.7 Å². The predicted octanol–water partition coefficient (Wildman–Crippen LogP) is 2.41. The number of ether oxygens (including phenoxy) is 1. The number of aromatic amines is 1. The summed E-state index contributed by atoms with van der Waals surface area (Å²) in [6.07, 6.45) is 3.49. The molecule has 32 heavy (non-hydrogen) atoms. The van der Waals surface area contributed by atoms with E-state index in [0.29, 0.717) is 42.1 Å². The van der Waals surface area contributed by atoms with Gasteiger partial charge in [-0.3, -0.25) is 14.2 Å². The van der Waals surface area contributed by atoms with Crippen molar-refractivity contribution in [2.24, 2.45) is 15.9 Å². The van der Waals surface area contributed by atoms with Crippen LogP contribution in [0.2, 0.25) is 0 Å². The summed E-state index contributed by atoms with van der Waals surface area (Å²) in [4.78, 5) is 34.3. The van der Waals surface area contributed by atoms with Crippen LogP contribution in [0.4, 0.5) is 4.79 Å². The lowest BCUT2D eigenvalue weighted by Crippen LogP contribution is -2.37. The molecule has 1 atom stereocenters. The largest absolute Gasteiger partial charge is 0.444 e. The maximum atomic E-state index is 12.5. The Balaban J connectivity index is 1.77. The first-order chi connectivity index (χ1) is 15.1. The van der Waals surface area contributed by atoms with Gasteiger partial charge in [0.05, 0.1) is 11.8 Å². The number of H-pyrrole nitrogens is 1. The quantitative estimate of drug-likeness (QED) is 0.429. The highest BCUT2D eigenvalue weighted by molar-refractivity contribution is 6.47. The van der Waals surface area contributed by atoms with E-state index in [4.69, 9.17) is 20.8 Å². The van der Waals surface area contributed by atoms with Crippen molar-refractivity contribution in [3.8, 4) is 6.07 Å². The van der Waals surface area contributed by atoms with E-state index in [9.17, 15) is 9.59 Å². The smallest absolute Gasteiger partial charge is 0.410 e. The van der Waals surface area contributed by atoms with Gasteiger partial charge in [0.25, 0.3) is 5.56 Å². The molecule has 3 N–H and O–H groups in total. The van der Waals surface area contributed by atoms with Crippen LogP contribution in [0.25, 0.3) is 5.65 Å². The fourth-order valence-corrected chi connectivity index (χ4v) is 3.78. The third kappa shape index (κ3) is 5.17. The van der Waals surface area contributed by atoms with Crippen LogP contribution in [-0.2, 0) is 4.74 Å². The molecule has 2 aromatic rings. The number of aromatic nitrogens is 2. The molecule has 10 heteroatoms. The van der Waals surface area contributed by atoms with Crippen LogP contribution in [0.15, 0.2) is 33.2 Å². The minimum absolute atomic E-state index is 0.000283. The maximum absolute atomic E-state index is 12.5. The number of aliphatic imine (C=N–C) groups is 1. The standard InChI is InChI=1S/C22H29N7O3/c1-14(26-16-6-5-8-28(9-7-16)21(31)32-22(2,3)4)20(27-24)15-10-18-25-13-17(12-23)29(18)19(30)11-15/h10-11,13,16,25H,5-9,24H2,1-4H3/b26-14?,27-20+. The normalized spacial score (nSPS) is 18.3. The van der Waals surface area contributed by atoms with E-state index in [0.717, 1.165) is 12.8 Å². The summed E-state index contributed by atoms with van der Waals surface area (Å²) in [7, 11) is 0. The van der Waals surface area contributed by atoms with Gasteiger partial charge in [-0.1, -0.05) is 0 Å². The molecule has 1 unspecified atom stereocenters. The summed E-state index contributed by atoms with van der Waals surface area (Å²) >= 11 is 0. The number of likely N-dealkylation sites (tertiary alicyclic amines) is 1. The molecule has 3 heterocycles. The highest BCUT2D eigenvalue weighted by Crippen LogP contribution is 2.18. The van der Waals surface area contributed by atoms with Gasteiger partial charge in [-0.05, 0) is 53.0 Å². The van der Waals surface area contributed by atoms with E-state index < -0.39 is 5.60 Å². The van der Waals surface area contributed by atoms with Crippen molar-refractivity contribution in [1.29, 1.82) is 5.26 Å². The molecule has 170 valence electrons. The molecule has 1 amide bonds. The fraction of sp³-hybridized carbons (Fsp3) is 0.500. The monoisotopic (exact) mass is 439 g/mol. The third-order valence-electron chi connectivity index (χ3n) is 5.22. The number of nitrogens with two attached hydrogens (primary N) is 1. The lowest BCUT2D eigenvalue weighted by molar-refractivity contribution is 0.0256. The van der Waals surface area contributed by atoms with Crippen LogP contribution in [0, 0.1) is 11.3 Å². The summed E-state index contributed by atoms with van der Waals surface area (Å²) in [5, 5.41) is 13.0. The van der Waals surface area contributed by atoms with Crippen molar-refractivity contribution >= 4 is 23.2 Å². The third-order valence-corrected chi connectivity index (χ3v) is 5.22. The number of fused-ring (bicyclic) bond motifs is 1. The number of nitrogens with one attached hydrogen (secondary N) is 1. The van der Waals surface area contributed by atoms with Crippen molar-refractivity contribution in [3.05, 3.63) is 39.9 Å². The minimum Gasteiger partial charge on any atom is -0.444 e. The Labute approximate surface area is 186 Å². The Kier molecular flexibility index (Phi) is 6.67. The van der Waals surface area contributed by atoms with Crippen molar-refractivity contribution in [1.82, 2.24) is 14.3 Å². The summed E-state index contributed by atoms with van der Waals surface area (Å²) in [5.41, 5.74) is 1.35. The second kappa shape index (κ2) is 9.26. The fourth-order valence-electron chi connectivity index (χ4n) is 3.78. The zero-order valence-electron chi connectivity index (χ0n) is 18.9. The lowest BCUT2D eigenvalue weighted by Gasteiger charge is -2.26. The number of nitriles is 1. The average molecular weight is 440 g/mol. The van der Waals surface area contributed by atoms with E-state index in [-0.39, 0.29) is 23.4 Å². The van der Waals surface area contributed by atoms with Crippen LogP contribution >= 0.6 is 0 Å². The second-order valence-corrected chi connectivity index (χ2v) is 8.83. The Bertz CT molecular complexity index is 1160. The predicted molar refractivity (Wildman–Crippen MR) is 122 cm³/mol.